The van der Waals surface area contributed by atoms with E-state index in [1.54, 1.807) is 6.07 Å². The number of rotatable bonds is 3. The molecule has 0 spiro atoms. The lowest BCUT2D eigenvalue weighted by molar-refractivity contribution is -0.0496. The molecular formula is C14H19NO6S. The number of aliphatic hydroxyl groups is 2. The molecule has 1 fully saturated rings. The minimum absolute atomic E-state index is 0.0962. The molecular weight excluding hydrogens is 310 g/mol. The van der Waals surface area contributed by atoms with Crippen LogP contribution in [0.2, 0.25) is 0 Å². The zero-order valence-electron chi connectivity index (χ0n) is 12.1. The second-order valence-electron chi connectivity index (χ2n) is 5.63. The largest absolute Gasteiger partial charge is 0.486 e. The summed E-state index contributed by atoms with van der Waals surface area (Å²) in [6.45, 7) is 0.568. The van der Waals surface area contributed by atoms with Crippen LogP contribution in [-0.4, -0.2) is 61.4 Å². The van der Waals surface area contributed by atoms with E-state index in [0.29, 0.717) is 44.1 Å². The van der Waals surface area contributed by atoms with Gasteiger partial charge in [0, 0.05) is 19.2 Å². The molecule has 22 heavy (non-hydrogen) atoms. The topological polar surface area (TPSA) is 96.3 Å². The summed E-state index contributed by atoms with van der Waals surface area (Å²) in [6.07, 6.45) is 0.886. The van der Waals surface area contributed by atoms with Gasteiger partial charge in [0.2, 0.25) is 10.0 Å². The van der Waals surface area contributed by atoms with Gasteiger partial charge >= 0.3 is 0 Å². The van der Waals surface area contributed by atoms with Gasteiger partial charge in [-0.25, -0.2) is 8.42 Å². The Labute approximate surface area is 129 Å². The average Bonchev–Trinajstić information content (AvgIpc) is 2.54. The summed E-state index contributed by atoms with van der Waals surface area (Å²) in [7, 11) is -3.75. The van der Waals surface area contributed by atoms with Crippen molar-refractivity contribution in [2.24, 2.45) is 0 Å². The van der Waals surface area contributed by atoms with Crippen molar-refractivity contribution >= 4 is 10.0 Å². The van der Waals surface area contributed by atoms with Crippen molar-refractivity contribution in [2.75, 3.05) is 32.9 Å². The summed E-state index contributed by atoms with van der Waals surface area (Å²) < 4.78 is 37.4. The number of sulfonamides is 1. The van der Waals surface area contributed by atoms with Crippen LogP contribution in [0.25, 0.3) is 0 Å². The van der Waals surface area contributed by atoms with Crippen molar-refractivity contribution in [3.63, 3.8) is 0 Å². The number of hydrogen-bond donors (Lipinski definition) is 2. The highest BCUT2D eigenvalue weighted by atomic mass is 32.2. The molecule has 0 bridgehead atoms. The Balaban J connectivity index is 1.89. The van der Waals surface area contributed by atoms with E-state index < -0.39 is 22.2 Å². The van der Waals surface area contributed by atoms with Gasteiger partial charge in [0.15, 0.2) is 11.5 Å². The van der Waals surface area contributed by atoms with Crippen molar-refractivity contribution < 1.29 is 28.1 Å². The van der Waals surface area contributed by atoms with Crippen LogP contribution in [0.1, 0.15) is 12.8 Å². The fourth-order valence-electron chi connectivity index (χ4n) is 2.74. The second-order valence-corrected chi connectivity index (χ2v) is 7.57. The van der Waals surface area contributed by atoms with Gasteiger partial charge in [-0.3, -0.25) is 0 Å². The number of hydrogen-bond acceptors (Lipinski definition) is 6. The van der Waals surface area contributed by atoms with Crippen molar-refractivity contribution in [1.82, 2.24) is 4.31 Å². The fourth-order valence-corrected chi connectivity index (χ4v) is 4.31. The van der Waals surface area contributed by atoms with Crippen LogP contribution in [0.5, 0.6) is 11.5 Å². The SMILES string of the molecule is O=S(=O)(c1ccc2c(c1)OCCO2)N1CCCC(O)(CO)C1. The third kappa shape index (κ3) is 2.79. The first kappa shape index (κ1) is 15.5. The number of aliphatic hydroxyl groups excluding tert-OH is 1. The van der Waals surface area contributed by atoms with E-state index in [2.05, 4.69) is 0 Å². The molecule has 0 aromatic heterocycles. The molecule has 2 N–H and O–H groups in total. The summed E-state index contributed by atoms with van der Waals surface area (Å²) >= 11 is 0. The van der Waals surface area contributed by atoms with Crippen LogP contribution >= 0.6 is 0 Å². The van der Waals surface area contributed by atoms with E-state index in [-0.39, 0.29) is 11.4 Å². The normalized spacial score (nSPS) is 25.9. The van der Waals surface area contributed by atoms with Crippen molar-refractivity contribution in [3.05, 3.63) is 18.2 Å². The summed E-state index contributed by atoms with van der Waals surface area (Å²) in [5.41, 5.74) is -1.38. The standard InChI is InChI=1S/C14H19NO6S/c16-10-14(17)4-1-5-15(9-14)22(18,19)11-2-3-12-13(8-11)21-7-6-20-12/h2-3,8,16-17H,1,4-7,9-10H2. The first-order chi connectivity index (χ1) is 10.4. The average molecular weight is 329 g/mol. The molecule has 0 saturated carbocycles. The lowest BCUT2D eigenvalue weighted by atomic mass is 9.95. The van der Waals surface area contributed by atoms with Crippen LogP contribution in [-0.2, 0) is 10.0 Å². The predicted molar refractivity (Wildman–Crippen MR) is 77.5 cm³/mol. The smallest absolute Gasteiger partial charge is 0.243 e. The van der Waals surface area contributed by atoms with Crippen molar-refractivity contribution in [3.8, 4) is 11.5 Å². The number of fused-ring (bicyclic) bond motifs is 1. The minimum Gasteiger partial charge on any atom is -0.486 e. The van der Waals surface area contributed by atoms with Gasteiger partial charge in [0.05, 0.1) is 11.5 Å². The molecule has 3 rings (SSSR count). The maximum absolute atomic E-state index is 12.7. The Morgan fingerprint density at radius 1 is 1.23 bits per heavy atom. The molecule has 1 aromatic rings. The van der Waals surface area contributed by atoms with Gasteiger partial charge in [0.1, 0.15) is 18.8 Å². The van der Waals surface area contributed by atoms with E-state index >= 15 is 0 Å². The summed E-state index contributed by atoms with van der Waals surface area (Å²) in [4.78, 5) is 0.0962. The van der Waals surface area contributed by atoms with Gasteiger partial charge in [-0.05, 0) is 25.0 Å². The van der Waals surface area contributed by atoms with Crippen LogP contribution < -0.4 is 9.47 Å². The molecule has 2 heterocycles. The molecule has 8 heteroatoms. The van der Waals surface area contributed by atoms with Crippen molar-refractivity contribution in [1.29, 1.82) is 0 Å². The van der Waals surface area contributed by atoms with Crippen LogP contribution in [0.4, 0.5) is 0 Å². The molecule has 1 saturated heterocycles. The number of nitrogens with zero attached hydrogens (tertiary/aromatic N) is 1. The van der Waals surface area contributed by atoms with E-state index in [1.807, 2.05) is 0 Å². The lowest BCUT2D eigenvalue weighted by Crippen LogP contribution is -2.52. The lowest BCUT2D eigenvalue weighted by Gasteiger charge is -2.37. The molecule has 0 radical (unpaired) electrons. The fraction of sp³-hybridized carbons (Fsp3) is 0.571. The van der Waals surface area contributed by atoms with E-state index in [0.717, 1.165) is 0 Å². The molecule has 2 aliphatic rings. The predicted octanol–water partition coefficient (Wildman–Crippen LogP) is -0.0343. The van der Waals surface area contributed by atoms with Gasteiger partial charge < -0.3 is 19.7 Å². The van der Waals surface area contributed by atoms with Gasteiger partial charge in [0.25, 0.3) is 0 Å². The number of ether oxygens (including phenoxy) is 2. The van der Waals surface area contributed by atoms with E-state index in [1.165, 1.54) is 16.4 Å². The Bertz CT molecular complexity index is 661. The Hall–Kier alpha value is -1.35. The van der Waals surface area contributed by atoms with Crippen LogP contribution in [0.15, 0.2) is 23.1 Å². The molecule has 122 valence electrons. The highest BCUT2D eigenvalue weighted by molar-refractivity contribution is 7.89. The third-order valence-electron chi connectivity index (χ3n) is 3.97. The van der Waals surface area contributed by atoms with Crippen LogP contribution in [0.3, 0.4) is 0 Å². The summed E-state index contributed by atoms with van der Waals surface area (Å²) in [5.74, 6) is 0.928. The number of piperidine rings is 1. The van der Waals surface area contributed by atoms with Gasteiger partial charge in [-0.2, -0.15) is 4.31 Å². The minimum atomic E-state index is -3.75. The zero-order valence-corrected chi connectivity index (χ0v) is 12.9. The molecule has 1 aromatic carbocycles. The second kappa shape index (κ2) is 5.69. The Kier molecular flexibility index (Phi) is 4.02. The molecule has 1 unspecified atom stereocenters. The van der Waals surface area contributed by atoms with E-state index in [9.17, 15) is 18.6 Å². The Morgan fingerprint density at radius 2 is 1.95 bits per heavy atom. The van der Waals surface area contributed by atoms with E-state index in [4.69, 9.17) is 9.47 Å². The first-order valence-corrected chi connectivity index (χ1v) is 8.62. The highest BCUT2D eigenvalue weighted by Crippen LogP contribution is 2.34. The molecule has 0 aliphatic carbocycles. The van der Waals surface area contributed by atoms with Crippen molar-refractivity contribution in [2.45, 2.75) is 23.3 Å². The summed E-state index contributed by atoms with van der Waals surface area (Å²) in [5, 5.41) is 19.4. The number of benzene rings is 1. The highest BCUT2D eigenvalue weighted by Gasteiger charge is 2.38. The Morgan fingerprint density at radius 3 is 2.68 bits per heavy atom. The van der Waals surface area contributed by atoms with Gasteiger partial charge in [-0.15, -0.1) is 0 Å². The molecule has 2 aliphatic heterocycles. The maximum Gasteiger partial charge on any atom is 0.243 e. The number of β-amino-alcohol motifs (C(OH)–C–C–N with tert-alkyl or cyclic N) is 1. The van der Waals surface area contributed by atoms with Gasteiger partial charge in [-0.1, -0.05) is 0 Å². The molecule has 0 amide bonds. The summed E-state index contributed by atoms with van der Waals surface area (Å²) in [6, 6.07) is 4.48. The zero-order chi connectivity index (χ0) is 15.8. The quantitative estimate of drug-likeness (QED) is 0.808. The monoisotopic (exact) mass is 329 g/mol. The van der Waals surface area contributed by atoms with Crippen LogP contribution in [0, 0.1) is 0 Å². The molecule has 1 atom stereocenters. The molecule has 7 nitrogen and oxygen atoms in total. The maximum atomic E-state index is 12.7. The first-order valence-electron chi connectivity index (χ1n) is 7.18. The third-order valence-corrected chi connectivity index (χ3v) is 5.81.